The lowest BCUT2D eigenvalue weighted by Crippen LogP contribution is -2.53. The molecule has 39 heavy (non-hydrogen) atoms. The van der Waals surface area contributed by atoms with E-state index in [1.165, 1.54) is 4.90 Å². The topological polar surface area (TPSA) is 92.3 Å². The predicted octanol–water partition coefficient (Wildman–Crippen LogP) is 5.68. The first-order chi connectivity index (χ1) is 19.1. The van der Waals surface area contributed by atoms with Gasteiger partial charge >= 0.3 is 0 Å². The van der Waals surface area contributed by atoms with E-state index in [2.05, 4.69) is 10.6 Å². The summed E-state index contributed by atoms with van der Waals surface area (Å²) in [6.07, 6.45) is 0. The monoisotopic (exact) mass is 518 g/mol. The maximum Gasteiger partial charge on any atom is 0.263 e. The van der Waals surface area contributed by atoms with Crippen molar-refractivity contribution in [2.45, 2.75) is 12.1 Å². The molecule has 0 bridgehead atoms. The van der Waals surface area contributed by atoms with Gasteiger partial charge in [-0.15, -0.1) is 0 Å². The molecule has 0 saturated carbocycles. The van der Waals surface area contributed by atoms with Crippen LogP contribution in [0.25, 0.3) is 0 Å². The van der Waals surface area contributed by atoms with Crippen LogP contribution in [0.2, 0.25) is 0 Å². The molecule has 2 N–H and O–H groups in total. The Morgan fingerprint density at radius 1 is 0.821 bits per heavy atom. The number of nitrogens with zero attached hydrogens (tertiary/aromatic N) is 2. The average molecular weight is 519 g/mol. The SMILES string of the molecule is COc1ccc(C2Nc3ccccc3NC3=Nc4ccccc4C(=O)N(C(=O)c4ccccc4)C32)cc1OC. The van der Waals surface area contributed by atoms with Gasteiger partial charge in [-0.3, -0.25) is 14.5 Å². The van der Waals surface area contributed by atoms with Gasteiger partial charge in [0.05, 0.1) is 42.9 Å². The second-order valence-electron chi connectivity index (χ2n) is 9.21. The number of aliphatic imine (C=N–C) groups is 1. The van der Waals surface area contributed by atoms with Gasteiger partial charge in [0.1, 0.15) is 11.9 Å². The molecule has 0 saturated heterocycles. The Balaban J connectivity index is 1.61. The van der Waals surface area contributed by atoms with Crippen LogP contribution < -0.4 is 20.1 Å². The van der Waals surface area contributed by atoms with Gasteiger partial charge < -0.3 is 20.1 Å². The van der Waals surface area contributed by atoms with E-state index in [0.717, 1.165) is 16.9 Å². The van der Waals surface area contributed by atoms with Crippen molar-refractivity contribution in [3.63, 3.8) is 0 Å². The van der Waals surface area contributed by atoms with Crippen molar-refractivity contribution < 1.29 is 19.1 Å². The number of rotatable bonds is 4. The number of carbonyl (C=O) groups excluding carboxylic acids is 2. The van der Waals surface area contributed by atoms with Gasteiger partial charge in [-0.25, -0.2) is 4.99 Å². The Kier molecular flexibility index (Phi) is 6.20. The van der Waals surface area contributed by atoms with Crippen molar-refractivity contribution in [3.05, 3.63) is 114 Å². The Morgan fingerprint density at radius 2 is 1.51 bits per heavy atom. The van der Waals surface area contributed by atoms with Crippen molar-refractivity contribution in [2.75, 3.05) is 24.9 Å². The third kappa shape index (κ3) is 4.25. The number of anilines is 2. The quantitative estimate of drug-likeness (QED) is 0.338. The highest BCUT2D eigenvalue weighted by molar-refractivity contribution is 6.19. The molecule has 8 heteroatoms. The molecule has 0 aliphatic carbocycles. The molecular weight excluding hydrogens is 492 g/mol. The molecule has 2 aliphatic rings. The summed E-state index contributed by atoms with van der Waals surface area (Å²) >= 11 is 0. The molecule has 0 fully saturated rings. The summed E-state index contributed by atoms with van der Waals surface area (Å²) in [5.74, 6) is 0.724. The number of amidine groups is 1. The van der Waals surface area contributed by atoms with E-state index in [0.29, 0.717) is 34.1 Å². The molecule has 2 unspecified atom stereocenters. The molecule has 0 spiro atoms. The zero-order valence-electron chi connectivity index (χ0n) is 21.4. The number of carbonyl (C=O) groups is 2. The molecule has 2 amide bonds. The summed E-state index contributed by atoms with van der Waals surface area (Å²) in [4.78, 5) is 34.6. The smallest absolute Gasteiger partial charge is 0.263 e. The molecule has 2 atom stereocenters. The first-order valence-electron chi connectivity index (χ1n) is 12.5. The van der Waals surface area contributed by atoms with Crippen LogP contribution in [0.3, 0.4) is 0 Å². The minimum atomic E-state index is -0.830. The number of imide groups is 1. The fourth-order valence-corrected chi connectivity index (χ4v) is 5.09. The normalized spacial score (nSPS) is 17.6. The standard InChI is InChI=1S/C31H26N4O4/c1-38-25-17-16-20(18-26(25)39-2)27-28-29(34-24-15-9-8-14-23(24)32-27)33-22-13-7-6-12-21(22)31(37)35(28)30(36)19-10-4-3-5-11-19/h3-18,27-28,32H,1-2H3,(H,33,34). The van der Waals surface area contributed by atoms with Crippen molar-refractivity contribution in [2.24, 2.45) is 4.99 Å². The Hall–Kier alpha value is -5.11. The molecule has 6 rings (SSSR count). The van der Waals surface area contributed by atoms with Crippen LogP contribution in [0.1, 0.15) is 32.3 Å². The third-order valence-corrected chi connectivity index (χ3v) is 6.98. The Morgan fingerprint density at radius 3 is 2.28 bits per heavy atom. The zero-order chi connectivity index (χ0) is 26.9. The predicted molar refractivity (Wildman–Crippen MR) is 150 cm³/mol. The second-order valence-corrected chi connectivity index (χ2v) is 9.21. The number of hydrogen-bond acceptors (Lipinski definition) is 7. The molecule has 4 aromatic rings. The van der Waals surface area contributed by atoms with Crippen LogP contribution in [0, 0.1) is 0 Å². The lowest BCUT2D eigenvalue weighted by molar-refractivity contribution is 0.0577. The molecule has 194 valence electrons. The zero-order valence-corrected chi connectivity index (χ0v) is 21.4. The number of methoxy groups -OCH3 is 2. The minimum Gasteiger partial charge on any atom is -0.493 e. The molecule has 0 aromatic heterocycles. The highest BCUT2D eigenvalue weighted by atomic mass is 16.5. The molecule has 2 heterocycles. The van der Waals surface area contributed by atoms with Crippen molar-refractivity contribution in [1.82, 2.24) is 4.90 Å². The first kappa shape index (κ1) is 24.2. The van der Waals surface area contributed by atoms with E-state index in [1.807, 2.05) is 54.6 Å². The fourth-order valence-electron chi connectivity index (χ4n) is 5.09. The number of amides is 2. The highest BCUT2D eigenvalue weighted by Crippen LogP contribution is 2.40. The van der Waals surface area contributed by atoms with E-state index in [9.17, 15) is 9.59 Å². The summed E-state index contributed by atoms with van der Waals surface area (Å²) < 4.78 is 11.1. The number of fused-ring (bicyclic) bond motifs is 3. The average Bonchev–Trinajstić information content (AvgIpc) is 3.21. The second kappa shape index (κ2) is 9.98. The van der Waals surface area contributed by atoms with Crippen LogP contribution in [-0.2, 0) is 0 Å². The largest absolute Gasteiger partial charge is 0.493 e. The van der Waals surface area contributed by atoms with Gasteiger partial charge in [0.15, 0.2) is 11.5 Å². The summed E-state index contributed by atoms with van der Waals surface area (Å²) in [6, 6.07) is 27.8. The van der Waals surface area contributed by atoms with Gasteiger partial charge in [0.25, 0.3) is 11.8 Å². The maximum atomic E-state index is 14.2. The Bertz CT molecular complexity index is 1600. The Labute approximate surface area is 225 Å². The van der Waals surface area contributed by atoms with E-state index >= 15 is 0 Å². The van der Waals surface area contributed by atoms with Crippen molar-refractivity contribution in [1.29, 1.82) is 0 Å². The van der Waals surface area contributed by atoms with E-state index in [-0.39, 0.29) is 0 Å². The van der Waals surface area contributed by atoms with E-state index in [1.54, 1.807) is 56.7 Å². The van der Waals surface area contributed by atoms with Gasteiger partial charge in [0, 0.05) is 5.56 Å². The molecule has 2 aliphatic heterocycles. The first-order valence-corrected chi connectivity index (χ1v) is 12.5. The van der Waals surface area contributed by atoms with Gasteiger partial charge in [-0.05, 0) is 54.1 Å². The van der Waals surface area contributed by atoms with Crippen molar-refractivity contribution >= 4 is 34.7 Å². The number of para-hydroxylation sites is 3. The van der Waals surface area contributed by atoms with Crippen LogP contribution in [0.4, 0.5) is 17.1 Å². The maximum absolute atomic E-state index is 14.2. The van der Waals surface area contributed by atoms with Crippen LogP contribution in [-0.4, -0.2) is 42.8 Å². The van der Waals surface area contributed by atoms with Crippen LogP contribution >= 0.6 is 0 Å². The number of hydrogen-bond donors (Lipinski definition) is 2. The molecule has 4 aromatic carbocycles. The number of benzene rings is 4. The van der Waals surface area contributed by atoms with E-state index in [4.69, 9.17) is 14.5 Å². The van der Waals surface area contributed by atoms with E-state index < -0.39 is 23.9 Å². The lowest BCUT2D eigenvalue weighted by Gasteiger charge is -2.35. The van der Waals surface area contributed by atoms with Crippen LogP contribution in [0.5, 0.6) is 11.5 Å². The summed E-state index contributed by atoms with van der Waals surface area (Å²) in [6.45, 7) is 0. The summed E-state index contributed by atoms with van der Waals surface area (Å²) in [5, 5.41) is 7.02. The molecule has 8 nitrogen and oxygen atoms in total. The van der Waals surface area contributed by atoms with Crippen LogP contribution in [0.15, 0.2) is 102 Å². The number of nitrogens with one attached hydrogen (secondary N) is 2. The minimum absolute atomic E-state index is 0.350. The summed E-state index contributed by atoms with van der Waals surface area (Å²) in [7, 11) is 3.15. The number of ether oxygens (including phenoxy) is 2. The highest BCUT2D eigenvalue weighted by Gasteiger charge is 2.44. The molecular formula is C31H26N4O4. The van der Waals surface area contributed by atoms with Crippen molar-refractivity contribution in [3.8, 4) is 11.5 Å². The van der Waals surface area contributed by atoms with Gasteiger partial charge in [-0.2, -0.15) is 0 Å². The molecule has 0 radical (unpaired) electrons. The van der Waals surface area contributed by atoms with Gasteiger partial charge in [-0.1, -0.05) is 48.5 Å². The fraction of sp³-hybridized carbons (Fsp3) is 0.129. The van der Waals surface area contributed by atoms with Gasteiger partial charge in [0.2, 0.25) is 0 Å². The summed E-state index contributed by atoms with van der Waals surface area (Å²) in [5.41, 5.74) is 3.61. The third-order valence-electron chi connectivity index (χ3n) is 6.98. The lowest BCUT2D eigenvalue weighted by atomic mass is 9.95.